The first-order valence-electron chi connectivity index (χ1n) is 5.34. The van der Waals surface area contributed by atoms with E-state index in [1.807, 2.05) is 6.07 Å². The average molecular weight is 218 g/mol. The second-order valence-corrected chi connectivity index (χ2v) is 3.95. The van der Waals surface area contributed by atoms with Gasteiger partial charge in [-0.25, -0.2) is 0 Å². The molecule has 3 nitrogen and oxygen atoms in total. The zero-order valence-corrected chi connectivity index (χ0v) is 10.4. The van der Waals surface area contributed by atoms with Gasteiger partial charge >= 0.3 is 0 Å². The Labute approximate surface area is 97.3 Å². The predicted molar refractivity (Wildman–Crippen MR) is 64.4 cm³/mol. The van der Waals surface area contributed by atoms with E-state index in [1.165, 1.54) is 16.7 Å². The SMILES string of the molecule is COc1ccc(CCN(C)C#N)c(C)c1C. The number of nitriles is 1. The topological polar surface area (TPSA) is 36.3 Å². The van der Waals surface area contributed by atoms with Crippen LogP contribution in [0.4, 0.5) is 0 Å². The number of ether oxygens (including phenoxy) is 1. The molecule has 0 fully saturated rings. The maximum atomic E-state index is 8.67. The highest BCUT2D eigenvalue weighted by Crippen LogP contribution is 2.24. The first-order chi connectivity index (χ1) is 7.60. The van der Waals surface area contributed by atoms with E-state index in [-0.39, 0.29) is 0 Å². The Morgan fingerprint density at radius 3 is 2.56 bits per heavy atom. The summed E-state index contributed by atoms with van der Waals surface area (Å²) in [6.45, 7) is 4.91. The maximum Gasteiger partial charge on any atom is 0.179 e. The van der Waals surface area contributed by atoms with E-state index in [1.54, 1.807) is 19.1 Å². The number of rotatable bonds is 4. The normalized spacial score (nSPS) is 9.69. The smallest absolute Gasteiger partial charge is 0.179 e. The molecule has 16 heavy (non-hydrogen) atoms. The molecule has 0 heterocycles. The fourth-order valence-electron chi connectivity index (χ4n) is 1.68. The van der Waals surface area contributed by atoms with Crippen molar-refractivity contribution in [1.29, 1.82) is 5.26 Å². The number of hydrogen-bond acceptors (Lipinski definition) is 3. The fraction of sp³-hybridized carbons (Fsp3) is 0.462. The van der Waals surface area contributed by atoms with Crippen molar-refractivity contribution in [1.82, 2.24) is 4.90 Å². The van der Waals surface area contributed by atoms with Crippen LogP contribution in [-0.4, -0.2) is 25.6 Å². The van der Waals surface area contributed by atoms with Crippen molar-refractivity contribution < 1.29 is 4.74 Å². The van der Waals surface area contributed by atoms with Gasteiger partial charge in [0, 0.05) is 13.6 Å². The molecule has 1 rings (SSSR count). The largest absolute Gasteiger partial charge is 0.496 e. The first kappa shape index (κ1) is 12.4. The van der Waals surface area contributed by atoms with Crippen LogP contribution in [-0.2, 0) is 6.42 Å². The molecule has 0 atom stereocenters. The third kappa shape index (κ3) is 2.66. The number of benzene rings is 1. The third-order valence-corrected chi connectivity index (χ3v) is 2.96. The molecule has 0 aromatic heterocycles. The lowest BCUT2D eigenvalue weighted by Crippen LogP contribution is -2.15. The molecule has 0 bridgehead atoms. The summed E-state index contributed by atoms with van der Waals surface area (Å²) in [4.78, 5) is 1.64. The first-order valence-corrected chi connectivity index (χ1v) is 5.34. The molecule has 0 aliphatic rings. The van der Waals surface area contributed by atoms with Gasteiger partial charge in [-0.2, -0.15) is 5.26 Å². The highest BCUT2D eigenvalue weighted by atomic mass is 16.5. The van der Waals surface area contributed by atoms with Crippen LogP contribution in [0.15, 0.2) is 12.1 Å². The summed E-state index contributed by atoms with van der Waals surface area (Å²) in [6, 6.07) is 4.07. The van der Waals surface area contributed by atoms with Crippen molar-refractivity contribution in [2.45, 2.75) is 20.3 Å². The van der Waals surface area contributed by atoms with Crippen LogP contribution in [0.5, 0.6) is 5.75 Å². The number of nitrogens with zero attached hydrogens (tertiary/aromatic N) is 2. The van der Waals surface area contributed by atoms with Gasteiger partial charge in [-0.15, -0.1) is 0 Å². The maximum absolute atomic E-state index is 8.67. The molecule has 0 N–H and O–H groups in total. The average Bonchev–Trinajstić information content (AvgIpc) is 2.30. The molecular formula is C13H18N2O. The Morgan fingerprint density at radius 2 is 2.00 bits per heavy atom. The van der Waals surface area contributed by atoms with E-state index in [0.717, 1.165) is 18.7 Å². The molecule has 1 aromatic carbocycles. The van der Waals surface area contributed by atoms with Gasteiger partial charge in [-0.05, 0) is 43.0 Å². The van der Waals surface area contributed by atoms with Crippen molar-refractivity contribution >= 4 is 0 Å². The van der Waals surface area contributed by atoms with Gasteiger partial charge in [0.25, 0.3) is 0 Å². The minimum atomic E-state index is 0.753. The standard InChI is InChI=1S/C13H18N2O/c1-10-11(2)13(16-4)6-5-12(10)7-8-15(3)9-14/h5-6H,7-8H2,1-4H3. The molecular weight excluding hydrogens is 200 g/mol. The lowest BCUT2D eigenvalue weighted by atomic mass is 10.00. The Balaban J connectivity index is 2.83. The van der Waals surface area contributed by atoms with Crippen LogP contribution in [0.1, 0.15) is 16.7 Å². The van der Waals surface area contributed by atoms with Gasteiger partial charge in [-0.1, -0.05) is 6.07 Å². The molecule has 0 saturated heterocycles. The van der Waals surface area contributed by atoms with E-state index in [2.05, 4.69) is 26.1 Å². The van der Waals surface area contributed by atoms with Crippen LogP contribution >= 0.6 is 0 Å². The highest BCUT2D eigenvalue weighted by Gasteiger charge is 2.06. The van der Waals surface area contributed by atoms with Crippen LogP contribution in [0, 0.1) is 25.3 Å². The number of likely N-dealkylation sites (N-methyl/N-ethyl adjacent to an activating group) is 1. The van der Waals surface area contributed by atoms with Gasteiger partial charge in [0.1, 0.15) is 5.75 Å². The van der Waals surface area contributed by atoms with Crippen LogP contribution < -0.4 is 4.74 Å². The quantitative estimate of drug-likeness (QED) is 0.574. The molecule has 1 aromatic rings. The van der Waals surface area contributed by atoms with Crippen molar-refractivity contribution in [2.24, 2.45) is 0 Å². The molecule has 0 radical (unpaired) electrons. The van der Waals surface area contributed by atoms with E-state index in [0.29, 0.717) is 0 Å². The molecule has 0 unspecified atom stereocenters. The molecule has 0 aliphatic heterocycles. The summed E-state index contributed by atoms with van der Waals surface area (Å²) in [5, 5.41) is 8.67. The van der Waals surface area contributed by atoms with Gasteiger partial charge in [0.2, 0.25) is 0 Å². The minimum absolute atomic E-state index is 0.753. The zero-order chi connectivity index (χ0) is 12.1. The van der Waals surface area contributed by atoms with Crippen molar-refractivity contribution in [2.75, 3.05) is 20.7 Å². The molecule has 0 saturated carbocycles. The van der Waals surface area contributed by atoms with Crippen LogP contribution in [0.25, 0.3) is 0 Å². The Kier molecular flexibility index (Phi) is 4.19. The van der Waals surface area contributed by atoms with E-state index in [9.17, 15) is 0 Å². The summed E-state index contributed by atoms with van der Waals surface area (Å²) in [6.07, 6.45) is 2.99. The van der Waals surface area contributed by atoms with E-state index >= 15 is 0 Å². The molecule has 0 aliphatic carbocycles. The van der Waals surface area contributed by atoms with Crippen molar-refractivity contribution in [3.63, 3.8) is 0 Å². The van der Waals surface area contributed by atoms with Crippen molar-refractivity contribution in [3.05, 3.63) is 28.8 Å². The van der Waals surface area contributed by atoms with Gasteiger partial charge in [0.15, 0.2) is 6.19 Å². The third-order valence-electron chi connectivity index (χ3n) is 2.96. The minimum Gasteiger partial charge on any atom is -0.496 e. The lowest BCUT2D eigenvalue weighted by molar-refractivity contribution is 0.411. The summed E-state index contributed by atoms with van der Waals surface area (Å²) in [7, 11) is 3.48. The lowest BCUT2D eigenvalue weighted by Gasteiger charge is -2.14. The monoisotopic (exact) mass is 218 g/mol. The summed E-state index contributed by atoms with van der Waals surface area (Å²) in [5.74, 6) is 0.926. The fourth-order valence-corrected chi connectivity index (χ4v) is 1.68. The molecule has 0 amide bonds. The van der Waals surface area contributed by atoms with Crippen LogP contribution in [0.2, 0.25) is 0 Å². The number of methoxy groups -OCH3 is 1. The summed E-state index contributed by atoms with van der Waals surface area (Å²) < 4.78 is 5.26. The Hall–Kier alpha value is -1.69. The molecule has 0 spiro atoms. The van der Waals surface area contributed by atoms with E-state index in [4.69, 9.17) is 10.00 Å². The van der Waals surface area contributed by atoms with E-state index < -0.39 is 0 Å². The molecule has 3 heteroatoms. The van der Waals surface area contributed by atoms with Gasteiger partial charge in [0.05, 0.1) is 7.11 Å². The number of hydrogen-bond donors (Lipinski definition) is 0. The second kappa shape index (κ2) is 5.41. The second-order valence-electron chi connectivity index (χ2n) is 3.95. The summed E-state index contributed by atoms with van der Waals surface area (Å²) >= 11 is 0. The van der Waals surface area contributed by atoms with Crippen molar-refractivity contribution in [3.8, 4) is 11.9 Å². The zero-order valence-electron chi connectivity index (χ0n) is 10.4. The van der Waals surface area contributed by atoms with Gasteiger partial charge in [-0.3, -0.25) is 0 Å². The summed E-state index contributed by atoms with van der Waals surface area (Å²) in [5.41, 5.74) is 3.71. The van der Waals surface area contributed by atoms with Gasteiger partial charge < -0.3 is 9.64 Å². The predicted octanol–water partition coefficient (Wildman–Crippen LogP) is 2.27. The Bertz CT molecular complexity index is 407. The molecule has 86 valence electrons. The highest BCUT2D eigenvalue weighted by molar-refractivity contribution is 5.43. The van der Waals surface area contributed by atoms with Crippen LogP contribution in [0.3, 0.4) is 0 Å². The Morgan fingerprint density at radius 1 is 1.31 bits per heavy atom.